The zero-order valence-corrected chi connectivity index (χ0v) is 14.4. The second kappa shape index (κ2) is 7.70. The second-order valence-electron chi connectivity index (χ2n) is 4.72. The van der Waals surface area contributed by atoms with Crippen molar-refractivity contribution in [2.24, 2.45) is 0 Å². The molecule has 0 aliphatic carbocycles. The van der Waals surface area contributed by atoms with Crippen molar-refractivity contribution in [3.8, 4) is 0 Å². The molecule has 0 saturated carbocycles. The summed E-state index contributed by atoms with van der Waals surface area (Å²) >= 11 is -4.09. The summed E-state index contributed by atoms with van der Waals surface area (Å²) in [5, 5.41) is 0. The molecule has 0 amide bonds. The van der Waals surface area contributed by atoms with Gasteiger partial charge in [-0.25, -0.2) is 0 Å². The van der Waals surface area contributed by atoms with Gasteiger partial charge in [-0.2, -0.15) is 0 Å². The quantitative estimate of drug-likeness (QED) is 0.339. The van der Waals surface area contributed by atoms with Crippen LogP contribution >= 0.6 is 0 Å². The van der Waals surface area contributed by atoms with Gasteiger partial charge >= 0.3 is 121 Å². The van der Waals surface area contributed by atoms with E-state index in [1.165, 1.54) is 6.92 Å². The van der Waals surface area contributed by atoms with Gasteiger partial charge in [0.1, 0.15) is 0 Å². The predicted octanol–water partition coefficient (Wildman–Crippen LogP) is 6.31. The Balaban J connectivity index is 4.91. The Morgan fingerprint density at radius 1 is 0.571 bits per heavy atom. The van der Waals surface area contributed by atoms with Gasteiger partial charge in [-0.3, -0.25) is 0 Å². The van der Waals surface area contributed by atoms with E-state index in [1.54, 1.807) is 0 Å². The van der Waals surface area contributed by atoms with Crippen molar-refractivity contribution in [2.75, 3.05) is 0 Å². The van der Waals surface area contributed by atoms with Crippen LogP contribution in [0, 0.1) is 0 Å². The molecule has 0 aromatic rings. The molecule has 0 aromatic carbocycles. The van der Waals surface area contributed by atoms with Gasteiger partial charge in [0.15, 0.2) is 0 Å². The van der Waals surface area contributed by atoms with Crippen LogP contribution in [0.15, 0.2) is 0 Å². The Labute approximate surface area is 121 Å². The molecule has 0 saturated heterocycles. The van der Waals surface area contributed by atoms with Gasteiger partial charge in [-0.05, 0) is 0 Å². The number of hydrogen-bond acceptors (Lipinski definition) is 0. The van der Waals surface area contributed by atoms with E-state index in [0.717, 1.165) is 0 Å². The predicted molar refractivity (Wildman–Crippen MR) is 62.7 cm³/mol. The van der Waals surface area contributed by atoms with Crippen molar-refractivity contribution in [1.82, 2.24) is 0 Å². The van der Waals surface area contributed by atoms with Crippen molar-refractivity contribution in [3.63, 3.8) is 0 Å². The van der Waals surface area contributed by atoms with E-state index in [4.69, 9.17) is 0 Å². The van der Waals surface area contributed by atoms with E-state index in [1.807, 2.05) is 0 Å². The molecular weight excluding hydrogens is 512 g/mol. The van der Waals surface area contributed by atoms with Crippen molar-refractivity contribution >= 4 is 20.6 Å². The molecule has 0 aliphatic rings. The zero-order chi connectivity index (χ0) is 16.9. The Morgan fingerprint density at radius 2 is 0.810 bits per heavy atom. The minimum absolute atomic E-state index is 0.0508. The molecule has 0 atom stereocenters. The molecule has 0 aromatic heterocycles. The first-order chi connectivity index (χ1) is 9.18. The Morgan fingerprint density at radius 3 is 0.952 bits per heavy atom. The molecule has 0 heterocycles. The SMILES string of the molecule is C[CH2][Po]([CH2]CC(F)(F)F)([CH2]CC(F)(F)F)[CH2]CC(F)(F)F. The molecular formula is C11H17F9Po. The molecule has 130 valence electrons. The average molecular weight is 529 g/mol. The summed E-state index contributed by atoms with van der Waals surface area (Å²) in [6, 6.07) is 0. The molecule has 0 radical (unpaired) electrons. The van der Waals surface area contributed by atoms with Crippen LogP contribution in [-0.2, 0) is 0 Å². The van der Waals surface area contributed by atoms with Crippen LogP contribution in [0.3, 0.4) is 0 Å². The normalized spacial score (nSPS) is 15.3. The number of hydrogen-bond donors (Lipinski definition) is 0. The fourth-order valence-electron chi connectivity index (χ4n) is 1.74. The third-order valence-corrected chi connectivity index (χ3v) is 20.3. The minimum atomic E-state index is -4.55. The van der Waals surface area contributed by atoms with E-state index in [0.29, 0.717) is 0 Å². The Kier molecular flexibility index (Phi) is 7.79. The fraction of sp³-hybridized carbons (Fsp3) is 1.00. The van der Waals surface area contributed by atoms with Crippen LogP contribution in [-0.4, -0.2) is 39.1 Å². The van der Waals surface area contributed by atoms with E-state index < -0.39 is 70.6 Å². The second-order valence-corrected chi connectivity index (χ2v) is 21.2. The molecule has 0 nitrogen and oxygen atoms in total. The van der Waals surface area contributed by atoms with E-state index in [-0.39, 0.29) is 4.08 Å². The molecule has 0 bridgehead atoms. The first kappa shape index (κ1) is 21.3. The van der Waals surface area contributed by atoms with E-state index in [2.05, 4.69) is 0 Å². The fourth-order valence-corrected chi connectivity index (χ4v) is 15.2. The molecule has 0 aliphatic heterocycles. The van der Waals surface area contributed by atoms with Crippen LogP contribution in [0.1, 0.15) is 26.2 Å². The molecule has 0 N–H and O–H groups in total. The maximum atomic E-state index is 12.3. The first-order valence-electron chi connectivity index (χ1n) is 6.12. The summed E-state index contributed by atoms with van der Waals surface area (Å²) in [4.78, 5) is 0. The summed E-state index contributed by atoms with van der Waals surface area (Å²) in [5.41, 5.74) is 0. The van der Waals surface area contributed by atoms with Gasteiger partial charge < -0.3 is 0 Å². The molecule has 21 heavy (non-hydrogen) atoms. The summed E-state index contributed by atoms with van der Waals surface area (Å²) in [7, 11) is 0. The van der Waals surface area contributed by atoms with Gasteiger partial charge in [0, 0.05) is 0 Å². The van der Waals surface area contributed by atoms with Crippen molar-refractivity contribution in [2.45, 2.75) is 61.0 Å². The topological polar surface area (TPSA) is 0 Å². The number of halogens is 9. The van der Waals surface area contributed by atoms with Gasteiger partial charge in [0.2, 0.25) is 0 Å². The van der Waals surface area contributed by atoms with Crippen LogP contribution in [0.5, 0.6) is 0 Å². The van der Waals surface area contributed by atoms with Gasteiger partial charge in [-0.15, -0.1) is 0 Å². The Bertz CT molecular complexity index is 257. The average Bonchev–Trinajstić information content (AvgIpc) is 2.25. The van der Waals surface area contributed by atoms with Gasteiger partial charge in [0.25, 0.3) is 0 Å². The van der Waals surface area contributed by atoms with Crippen molar-refractivity contribution < 1.29 is 39.5 Å². The molecule has 10 heteroatoms. The monoisotopic (exact) mass is 529 g/mol. The summed E-state index contributed by atoms with van der Waals surface area (Å²) < 4.78 is 109. The van der Waals surface area contributed by atoms with Crippen molar-refractivity contribution in [3.05, 3.63) is 0 Å². The molecule has 0 unspecified atom stereocenters. The molecule has 0 spiro atoms. The summed E-state index contributed by atoms with van der Waals surface area (Å²) in [5.74, 6) is 0. The van der Waals surface area contributed by atoms with Gasteiger partial charge in [-0.1, -0.05) is 0 Å². The van der Waals surface area contributed by atoms with Gasteiger partial charge in [0.05, 0.1) is 0 Å². The zero-order valence-electron chi connectivity index (χ0n) is 11.3. The number of rotatable bonds is 7. The molecule has 0 fully saturated rings. The van der Waals surface area contributed by atoms with Crippen molar-refractivity contribution in [1.29, 1.82) is 0 Å². The number of alkyl halides is 9. The standard InChI is InChI=1S/3C3H4F3.C2H5.Po/c3*1-2-3(4,5)6;1-2;/h3*1-2H2;1H2,2H3;. The van der Waals surface area contributed by atoms with Crippen LogP contribution in [0.2, 0.25) is 16.3 Å². The van der Waals surface area contributed by atoms with Crippen LogP contribution in [0.25, 0.3) is 0 Å². The third kappa shape index (κ3) is 11.5. The first-order valence-corrected chi connectivity index (χ1v) is 15.1. The van der Waals surface area contributed by atoms with E-state index >= 15 is 0 Å². The molecule has 0 rings (SSSR count). The van der Waals surface area contributed by atoms with Crippen LogP contribution in [0.4, 0.5) is 39.5 Å². The maximum absolute atomic E-state index is 12.3. The summed E-state index contributed by atoms with van der Waals surface area (Å²) in [6.07, 6.45) is -17.5. The third-order valence-electron chi connectivity index (χ3n) is 3.07. The summed E-state index contributed by atoms with van der Waals surface area (Å²) in [6.45, 7) is 1.42. The van der Waals surface area contributed by atoms with E-state index in [9.17, 15) is 39.5 Å². The Hall–Kier alpha value is 0.266. The van der Waals surface area contributed by atoms with Crippen LogP contribution < -0.4 is 0 Å².